The number of hydrogen-bond acceptors (Lipinski definition) is 5. The van der Waals surface area contributed by atoms with Gasteiger partial charge < -0.3 is 5.73 Å². The van der Waals surface area contributed by atoms with E-state index in [1.165, 1.54) is 16.9 Å². The van der Waals surface area contributed by atoms with E-state index in [9.17, 15) is 14.4 Å². The monoisotopic (exact) mass is 456 g/mol. The number of nitrogens with two attached hydrogens (primary N) is 1. The van der Waals surface area contributed by atoms with Gasteiger partial charge in [0, 0.05) is 30.5 Å². The summed E-state index contributed by atoms with van der Waals surface area (Å²) in [7, 11) is 1.62. The number of alkyl halides is 1. The summed E-state index contributed by atoms with van der Waals surface area (Å²) >= 11 is 0. The number of aromatic amines is 1. The number of nitriles is 1. The van der Waals surface area contributed by atoms with Crippen LogP contribution < -0.4 is 11.3 Å². The predicted molar refractivity (Wildman–Crippen MR) is 123 cm³/mol. The van der Waals surface area contributed by atoms with Crippen LogP contribution in [0.1, 0.15) is 34.7 Å². The first-order valence-corrected chi connectivity index (χ1v) is 10.5. The van der Waals surface area contributed by atoms with Crippen LogP contribution in [0.3, 0.4) is 0 Å². The van der Waals surface area contributed by atoms with Gasteiger partial charge in [-0.05, 0) is 35.7 Å². The van der Waals surface area contributed by atoms with E-state index in [4.69, 9.17) is 12.2 Å². The van der Waals surface area contributed by atoms with E-state index in [1.54, 1.807) is 25.2 Å². The normalized spacial score (nSPS) is 16.9. The molecular weight excluding hydrogens is 438 g/mol. The van der Waals surface area contributed by atoms with Crippen molar-refractivity contribution < 1.29 is 8.78 Å². The van der Waals surface area contributed by atoms with Crippen LogP contribution >= 0.6 is 0 Å². The molecule has 0 spiro atoms. The molecule has 3 N–H and O–H groups in total. The molecule has 0 bridgehead atoms. The summed E-state index contributed by atoms with van der Waals surface area (Å²) in [6.07, 6.45) is 6.25. The van der Waals surface area contributed by atoms with Gasteiger partial charge in [-0.25, -0.2) is 13.9 Å². The first-order valence-electron chi connectivity index (χ1n) is 10.5. The van der Waals surface area contributed by atoms with E-state index in [0.717, 1.165) is 0 Å². The Morgan fingerprint density at radius 3 is 2.76 bits per heavy atom. The van der Waals surface area contributed by atoms with E-state index >= 15 is 4.39 Å². The summed E-state index contributed by atoms with van der Waals surface area (Å²) in [5, 5.41) is 21.6. The summed E-state index contributed by atoms with van der Waals surface area (Å²) in [5.41, 5.74) is 7.72. The van der Waals surface area contributed by atoms with Crippen LogP contribution in [0.15, 0.2) is 35.3 Å². The van der Waals surface area contributed by atoms with Crippen molar-refractivity contribution in [2.45, 2.75) is 25.1 Å². The van der Waals surface area contributed by atoms with Gasteiger partial charge in [0.25, 0.3) is 5.56 Å². The number of H-pyrrole nitrogens is 1. The lowest BCUT2D eigenvalue weighted by Gasteiger charge is -2.15. The SMILES string of the molecule is C#Cc1cc(C2CC2F)c(C#N)c(-c2c(-c3ccc4c(=O)[nH]nc(CN)c4c3)cnn2C)c1F. The van der Waals surface area contributed by atoms with Crippen LogP contribution in [0, 0.1) is 29.5 Å². The second-order valence-electron chi connectivity index (χ2n) is 8.19. The highest BCUT2D eigenvalue weighted by molar-refractivity contribution is 5.92. The van der Waals surface area contributed by atoms with Crippen molar-refractivity contribution in [3.8, 4) is 40.8 Å². The maximum atomic E-state index is 15.6. The van der Waals surface area contributed by atoms with Crippen LogP contribution in [0.4, 0.5) is 8.78 Å². The highest BCUT2D eigenvalue weighted by Crippen LogP contribution is 2.48. The Morgan fingerprint density at radius 1 is 1.35 bits per heavy atom. The molecule has 7 nitrogen and oxygen atoms in total. The Kier molecular flexibility index (Phi) is 5.00. The smallest absolute Gasteiger partial charge is 0.272 e. The predicted octanol–water partition coefficient (Wildman–Crippen LogP) is 3.27. The molecule has 2 atom stereocenters. The number of nitrogens with zero attached hydrogens (tertiary/aromatic N) is 4. The first-order chi connectivity index (χ1) is 16.4. The highest BCUT2D eigenvalue weighted by Gasteiger charge is 2.42. The quantitative estimate of drug-likeness (QED) is 0.458. The largest absolute Gasteiger partial charge is 0.325 e. The van der Waals surface area contributed by atoms with E-state index in [-0.39, 0.29) is 35.2 Å². The van der Waals surface area contributed by atoms with Gasteiger partial charge in [-0.15, -0.1) is 6.42 Å². The Morgan fingerprint density at radius 2 is 2.12 bits per heavy atom. The third kappa shape index (κ3) is 3.18. The van der Waals surface area contributed by atoms with Gasteiger partial charge >= 0.3 is 0 Å². The summed E-state index contributed by atoms with van der Waals surface area (Å²) < 4.78 is 31.0. The number of benzene rings is 2. The first kappa shape index (κ1) is 21.5. The summed E-state index contributed by atoms with van der Waals surface area (Å²) in [6.45, 7) is 0.100. The topological polar surface area (TPSA) is 113 Å². The van der Waals surface area contributed by atoms with Crippen molar-refractivity contribution in [1.29, 1.82) is 5.26 Å². The highest BCUT2D eigenvalue weighted by atomic mass is 19.1. The van der Waals surface area contributed by atoms with E-state index in [1.807, 2.05) is 0 Å². The van der Waals surface area contributed by atoms with Crippen molar-refractivity contribution in [2.24, 2.45) is 12.8 Å². The molecule has 9 heteroatoms. The Hall–Kier alpha value is -4.34. The van der Waals surface area contributed by atoms with Crippen molar-refractivity contribution >= 4 is 10.8 Å². The summed E-state index contributed by atoms with van der Waals surface area (Å²) in [5.74, 6) is 1.07. The molecule has 2 unspecified atom stereocenters. The lowest BCUT2D eigenvalue weighted by atomic mass is 9.90. The fourth-order valence-electron chi connectivity index (χ4n) is 4.39. The van der Waals surface area contributed by atoms with Crippen molar-refractivity contribution in [2.75, 3.05) is 0 Å². The van der Waals surface area contributed by atoms with Gasteiger partial charge in [-0.2, -0.15) is 15.5 Å². The van der Waals surface area contributed by atoms with Gasteiger partial charge in [-0.3, -0.25) is 9.48 Å². The lowest BCUT2D eigenvalue weighted by Crippen LogP contribution is -2.13. The van der Waals surface area contributed by atoms with E-state index in [0.29, 0.717) is 38.9 Å². The zero-order valence-electron chi connectivity index (χ0n) is 18.1. The minimum atomic E-state index is -1.09. The van der Waals surface area contributed by atoms with Gasteiger partial charge in [0.1, 0.15) is 18.1 Å². The lowest BCUT2D eigenvalue weighted by molar-refractivity contribution is 0.468. The number of aryl methyl sites for hydroxylation is 1. The van der Waals surface area contributed by atoms with Gasteiger partial charge in [0.2, 0.25) is 0 Å². The number of terminal acetylenes is 1. The van der Waals surface area contributed by atoms with E-state index < -0.39 is 17.9 Å². The van der Waals surface area contributed by atoms with Gasteiger partial charge in [-0.1, -0.05) is 12.0 Å². The van der Waals surface area contributed by atoms with Crippen LogP contribution in [-0.2, 0) is 13.6 Å². The molecule has 1 aliphatic carbocycles. The Labute approximate surface area is 192 Å². The molecule has 1 aliphatic rings. The molecule has 0 radical (unpaired) electrons. The average molecular weight is 456 g/mol. The van der Waals surface area contributed by atoms with E-state index in [2.05, 4.69) is 27.3 Å². The fourth-order valence-corrected chi connectivity index (χ4v) is 4.39. The molecule has 0 amide bonds. The Bertz CT molecular complexity index is 1620. The third-order valence-electron chi connectivity index (χ3n) is 6.22. The molecule has 1 fully saturated rings. The molecule has 2 heterocycles. The zero-order chi connectivity index (χ0) is 24.1. The van der Waals surface area contributed by atoms with Crippen LogP contribution in [0.2, 0.25) is 0 Å². The fraction of sp³-hybridized carbons (Fsp3) is 0.200. The Balaban J connectivity index is 1.81. The second kappa shape index (κ2) is 7.91. The number of fused-ring (bicyclic) bond motifs is 1. The number of rotatable bonds is 4. The standard InChI is InChI=1S/C25H18F2N6O/c1-3-12-6-15(16-8-20(16)26)18(9-28)22(23(12)27)24-19(11-30-33(24)2)13-4-5-14-17(7-13)21(10-29)31-32-25(14)34/h1,4-7,11,16,20H,8,10,29H2,2H3,(H,32,34). The molecule has 0 saturated heterocycles. The minimum absolute atomic E-state index is 0.0229. The second-order valence-corrected chi connectivity index (χ2v) is 8.19. The van der Waals surface area contributed by atoms with Gasteiger partial charge in [0.05, 0.1) is 39.7 Å². The molecule has 4 aromatic rings. The number of nitrogens with one attached hydrogen (secondary N) is 1. The minimum Gasteiger partial charge on any atom is -0.325 e. The molecule has 0 aliphatic heterocycles. The molecular formula is C25H18F2N6O. The molecule has 1 saturated carbocycles. The molecule has 2 aromatic heterocycles. The third-order valence-corrected chi connectivity index (χ3v) is 6.22. The molecule has 5 rings (SSSR count). The van der Waals surface area contributed by atoms with Crippen molar-refractivity contribution in [1.82, 2.24) is 20.0 Å². The van der Waals surface area contributed by atoms with Gasteiger partial charge in [0.15, 0.2) is 0 Å². The van der Waals surface area contributed by atoms with Crippen molar-refractivity contribution in [3.63, 3.8) is 0 Å². The number of halogens is 2. The van der Waals surface area contributed by atoms with Crippen LogP contribution in [0.25, 0.3) is 33.2 Å². The van der Waals surface area contributed by atoms with Crippen LogP contribution in [0.5, 0.6) is 0 Å². The average Bonchev–Trinajstić information content (AvgIpc) is 3.45. The summed E-state index contributed by atoms with van der Waals surface area (Å²) in [4.78, 5) is 12.2. The zero-order valence-corrected chi connectivity index (χ0v) is 18.1. The molecule has 34 heavy (non-hydrogen) atoms. The maximum Gasteiger partial charge on any atom is 0.272 e. The van der Waals surface area contributed by atoms with Crippen molar-refractivity contribution in [3.05, 3.63) is 69.0 Å². The van der Waals surface area contributed by atoms with Crippen LogP contribution in [-0.4, -0.2) is 26.1 Å². The number of aromatic nitrogens is 4. The maximum absolute atomic E-state index is 15.6. The molecule has 168 valence electrons. The summed E-state index contributed by atoms with van der Waals surface area (Å²) in [6, 6.07) is 8.51. The number of hydrogen-bond donors (Lipinski definition) is 2. The molecule has 2 aromatic carbocycles.